The molecular formula is C21H29N5OS. The summed E-state index contributed by atoms with van der Waals surface area (Å²) in [6.07, 6.45) is 1.74. The van der Waals surface area contributed by atoms with Gasteiger partial charge < -0.3 is 4.90 Å². The number of likely N-dealkylation sites (N-methyl/N-ethyl adjacent to an activating group) is 1. The molecule has 28 heavy (non-hydrogen) atoms. The predicted octanol–water partition coefficient (Wildman–Crippen LogP) is 3.94. The average molecular weight is 400 g/mol. The van der Waals surface area contributed by atoms with Crippen molar-refractivity contribution in [2.24, 2.45) is 7.05 Å². The Morgan fingerprint density at radius 2 is 1.82 bits per heavy atom. The number of anilines is 1. The van der Waals surface area contributed by atoms with Crippen molar-refractivity contribution in [3.05, 3.63) is 40.7 Å². The normalized spacial score (nSPS) is 11.5. The van der Waals surface area contributed by atoms with Crippen LogP contribution in [0.2, 0.25) is 0 Å². The van der Waals surface area contributed by atoms with Crippen LogP contribution in [0.25, 0.3) is 10.2 Å². The third-order valence-corrected chi connectivity index (χ3v) is 6.37. The van der Waals surface area contributed by atoms with E-state index in [4.69, 9.17) is 4.98 Å². The molecule has 0 saturated heterocycles. The maximum Gasteiger partial charge on any atom is 0.278 e. The van der Waals surface area contributed by atoms with Crippen molar-refractivity contribution < 1.29 is 4.79 Å². The molecule has 7 heteroatoms. The molecule has 1 amide bonds. The lowest BCUT2D eigenvalue weighted by Crippen LogP contribution is -2.39. The first-order valence-corrected chi connectivity index (χ1v) is 10.6. The number of amides is 1. The van der Waals surface area contributed by atoms with E-state index in [2.05, 4.69) is 49.8 Å². The second-order valence-electron chi connectivity index (χ2n) is 7.21. The molecule has 3 aromatic rings. The zero-order valence-corrected chi connectivity index (χ0v) is 18.4. The zero-order chi connectivity index (χ0) is 20.4. The van der Waals surface area contributed by atoms with E-state index >= 15 is 0 Å². The van der Waals surface area contributed by atoms with E-state index in [0.717, 1.165) is 40.5 Å². The first-order chi connectivity index (χ1) is 13.3. The summed E-state index contributed by atoms with van der Waals surface area (Å²) in [5, 5.41) is 5.00. The van der Waals surface area contributed by atoms with Crippen LogP contribution in [0.5, 0.6) is 0 Å². The van der Waals surface area contributed by atoms with Gasteiger partial charge in [-0.25, -0.2) is 4.98 Å². The van der Waals surface area contributed by atoms with Crippen molar-refractivity contribution >= 4 is 32.6 Å². The van der Waals surface area contributed by atoms with Crippen molar-refractivity contribution in [3.63, 3.8) is 0 Å². The summed E-state index contributed by atoms with van der Waals surface area (Å²) in [5.41, 5.74) is 4.84. The molecule has 1 aromatic carbocycles. The van der Waals surface area contributed by atoms with Crippen LogP contribution in [-0.4, -0.2) is 51.8 Å². The molecule has 0 radical (unpaired) electrons. The molecule has 0 N–H and O–H groups in total. The predicted molar refractivity (Wildman–Crippen MR) is 117 cm³/mol. The molecule has 0 aliphatic heterocycles. The van der Waals surface area contributed by atoms with Gasteiger partial charge in [-0.1, -0.05) is 31.3 Å². The van der Waals surface area contributed by atoms with Crippen LogP contribution in [0.15, 0.2) is 18.3 Å². The highest BCUT2D eigenvalue weighted by molar-refractivity contribution is 7.22. The third-order valence-electron chi connectivity index (χ3n) is 5.14. The van der Waals surface area contributed by atoms with E-state index in [9.17, 15) is 4.79 Å². The lowest BCUT2D eigenvalue weighted by Gasteiger charge is -2.25. The fraction of sp³-hybridized carbons (Fsp3) is 0.476. The van der Waals surface area contributed by atoms with Gasteiger partial charge in [0, 0.05) is 20.1 Å². The summed E-state index contributed by atoms with van der Waals surface area (Å²) in [6, 6.07) is 4.25. The molecule has 0 spiro atoms. The van der Waals surface area contributed by atoms with Gasteiger partial charge in [0.25, 0.3) is 5.91 Å². The molecule has 0 unspecified atom stereocenters. The van der Waals surface area contributed by atoms with Crippen LogP contribution >= 0.6 is 11.3 Å². The van der Waals surface area contributed by atoms with Gasteiger partial charge in [-0.05, 0) is 56.6 Å². The quantitative estimate of drug-likeness (QED) is 0.604. The maximum absolute atomic E-state index is 13.5. The van der Waals surface area contributed by atoms with Gasteiger partial charge in [-0.3, -0.25) is 14.4 Å². The van der Waals surface area contributed by atoms with Crippen LogP contribution < -0.4 is 4.90 Å². The third kappa shape index (κ3) is 3.95. The number of hydrogen-bond donors (Lipinski definition) is 0. The second-order valence-corrected chi connectivity index (χ2v) is 8.19. The number of thiazole rings is 1. The topological polar surface area (TPSA) is 54.3 Å². The minimum Gasteiger partial charge on any atom is -0.302 e. The van der Waals surface area contributed by atoms with Crippen molar-refractivity contribution in [2.45, 2.75) is 34.6 Å². The van der Waals surface area contributed by atoms with E-state index in [1.165, 1.54) is 11.1 Å². The molecule has 0 fully saturated rings. The van der Waals surface area contributed by atoms with Crippen LogP contribution in [0.1, 0.15) is 41.0 Å². The van der Waals surface area contributed by atoms with E-state index < -0.39 is 0 Å². The minimum atomic E-state index is -0.0434. The monoisotopic (exact) mass is 399 g/mol. The molecule has 2 heterocycles. The number of aryl methyl sites for hydroxylation is 4. The van der Waals surface area contributed by atoms with Gasteiger partial charge in [-0.15, -0.1) is 0 Å². The molecule has 0 saturated carbocycles. The second kappa shape index (κ2) is 8.41. The molecule has 2 aromatic heterocycles. The number of aromatic nitrogens is 3. The summed E-state index contributed by atoms with van der Waals surface area (Å²) in [4.78, 5) is 22.4. The number of rotatable bonds is 7. The Balaban J connectivity index is 2.03. The first-order valence-electron chi connectivity index (χ1n) is 9.76. The van der Waals surface area contributed by atoms with E-state index in [1.54, 1.807) is 22.2 Å². The van der Waals surface area contributed by atoms with Gasteiger partial charge in [0.2, 0.25) is 0 Å². The van der Waals surface area contributed by atoms with Crippen LogP contribution in [0.4, 0.5) is 5.13 Å². The van der Waals surface area contributed by atoms with Crippen LogP contribution in [0, 0.1) is 20.8 Å². The number of benzene rings is 1. The molecular weight excluding hydrogens is 370 g/mol. The number of hydrogen-bond acceptors (Lipinski definition) is 5. The molecule has 0 bridgehead atoms. The summed E-state index contributed by atoms with van der Waals surface area (Å²) >= 11 is 1.59. The SMILES string of the molecule is CCN(CC)CCN(C(=O)c1c(C)cnn1C)c1nc2cc(C)cc(C)c2s1. The molecule has 6 nitrogen and oxygen atoms in total. The van der Waals surface area contributed by atoms with Gasteiger partial charge in [0.15, 0.2) is 5.13 Å². The fourth-order valence-electron chi connectivity index (χ4n) is 3.53. The molecule has 0 atom stereocenters. The number of fused-ring (bicyclic) bond motifs is 1. The minimum absolute atomic E-state index is 0.0434. The average Bonchev–Trinajstić information content (AvgIpc) is 3.21. The van der Waals surface area contributed by atoms with E-state index in [-0.39, 0.29) is 5.91 Å². The highest BCUT2D eigenvalue weighted by atomic mass is 32.1. The Labute approximate surface area is 170 Å². The smallest absolute Gasteiger partial charge is 0.278 e. The van der Waals surface area contributed by atoms with Crippen molar-refractivity contribution in [1.29, 1.82) is 0 Å². The Morgan fingerprint density at radius 1 is 1.11 bits per heavy atom. The van der Waals surface area contributed by atoms with Crippen molar-refractivity contribution in [1.82, 2.24) is 19.7 Å². The number of carbonyl (C=O) groups excluding carboxylic acids is 1. The maximum atomic E-state index is 13.5. The van der Waals surface area contributed by atoms with Gasteiger partial charge in [0.1, 0.15) is 5.69 Å². The Hall–Kier alpha value is -2.25. The van der Waals surface area contributed by atoms with E-state index in [0.29, 0.717) is 12.2 Å². The molecule has 150 valence electrons. The summed E-state index contributed by atoms with van der Waals surface area (Å²) < 4.78 is 2.80. The Kier molecular flexibility index (Phi) is 6.15. The lowest BCUT2D eigenvalue weighted by atomic mass is 10.1. The molecule has 0 aliphatic rings. The van der Waals surface area contributed by atoms with Crippen molar-refractivity contribution in [3.8, 4) is 0 Å². The Bertz CT molecular complexity index is 967. The molecule has 0 aliphatic carbocycles. The van der Waals surface area contributed by atoms with Crippen LogP contribution in [-0.2, 0) is 7.05 Å². The van der Waals surface area contributed by atoms with Crippen molar-refractivity contribution in [2.75, 3.05) is 31.1 Å². The fourth-order valence-corrected chi connectivity index (χ4v) is 4.57. The summed E-state index contributed by atoms with van der Waals surface area (Å²) in [7, 11) is 1.81. The summed E-state index contributed by atoms with van der Waals surface area (Å²) in [5.74, 6) is -0.0434. The zero-order valence-electron chi connectivity index (χ0n) is 17.6. The first kappa shape index (κ1) is 20.5. The van der Waals surface area contributed by atoms with Gasteiger partial charge >= 0.3 is 0 Å². The highest BCUT2D eigenvalue weighted by Crippen LogP contribution is 2.33. The molecule has 3 rings (SSSR count). The lowest BCUT2D eigenvalue weighted by molar-refractivity contribution is 0.0974. The largest absolute Gasteiger partial charge is 0.302 e. The van der Waals surface area contributed by atoms with Gasteiger partial charge in [0.05, 0.1) is 16.4 Å². The van der Waals surface area contributed by atoms with Crippen LogP contribution in [0.3, 0.4) is 0 Å². The number of carbonyl (C=O) groups is 1. The van der Waals surface area contributed by atoms with E-state index in [1.807, 2.05) is 18.9 Å². The standard InChI is InChI=1S/C21H29N5OS/c1-7-25(8-2)9-10-26(20(27)18-16(5)13-22-24(18)6)21-23-17-12-14(3)11-15(4)19(17)28-21/h11-13H,7-10H2,1-6H3. The number of nitrogens with zero attached hydrogens (tertiary/aromatic N) is 5. The highest BCUT2D eigenvalue weighted by Gasteiger charge is 2.26. The van der Waals surface area contributed by atoms with Gasteiger partial charge in [-0.2, -0.15) is 5.10 Å². The Morgan fingerprint density at radius 3 is 2.43 bits per heavy atom. The summed E-state index contributed by atoms with van der Waals surface area (Å²) in [6.45, 7) is 13.7.